The lowest BCUT2D eigenvalue weighted by Crippen LogP contribution is -2.43. The number of hydrogen-bond donors (Lipinski definition) is 1. The summed E-state index contributed by atoms with van der Waals surface area (Å²) in [4.78, 5) is 13.1. The number of piperidine rings is 1. The lowest BCUT2D eigenvalue weighted by atomic mass is 9.96. The minimum atomic E-state index is -3.50. The molecule has 1 fully saturated rings. The third-order valence-corrected chi connectivity index (χ3v) is 7.75. The molecule has 0 aliphatic carbocycles. The standard InChI is InChI=1S/C24H26N2O3S/c1-18(21-12-11-19-7-5-6-8-22(19)17-21)25-24(27)20-13-15-26(16-14-20)30(28,29)23-9-3-2-4-10-23/h2-12,17-18,20H,13-16H2,1H3,(H,25,27)/t18-/m1/s1. The van der Waals surface area contributed by atoms with Gasteiger partial charge >= 0.3 is 0 Å². The van der Waals surface area contributed by atoms with E-state index in [-0.39, 0.29) is 17.9 Å². The van der Waals surface area contributed by atoms with E-state index in [0.717, 1.165) is 10.9 Å². The molecule has 1 saturated heterocycles. The van der Waals surface area contributed by atoms with Gasteiger partial charge in [-0.25, -0.2) is 8.42 Å². The van der Waals surface area contributed by atoms with Crippen LogP contribution in [0.15, 0.2) is 77.7 Å². The third-order valence-electron chi connectivity index (χ3n) is 5.84. The maximum Gasteiger partial charge on any atom is 0.243 e. The van der Waals surface area contributed by atoms with Crippen LogP contribution in [-0.2, 0) is 14.8 Å². The van der Waals surface area contributed by atoms with Crippen molar-refractivity contribution in [1.82, 2.24) is 9.62 Å². The summed E-state index contributed by atoms with van der Waals surface area (Å²) in [5.41, 5.74) is 1.06. The number of rotatable bonds is 5. The molecule has 0 radical (unpaired) electrons. The van der Waals surface area contributed by atoms with Gasteiger partial charge in [0.2, 0.25) is 15.9 Å². The number of fused-ring (bicyclic) bond motifs is 1. The van der Waals surface area contributed by atoms with Crippen molar-refractivity contribution in [3.05, 3.63) is 78.4 Å². The Labute approximate surface area is 177 Å². The fourth-order valence-electron chi connectivity index (χ4n) is 3.99. The van der Waals surface area contributed by atoms with Crippen LogP contribution in [0.2, 0.25) is 0 Å². The van der Waals surface area contributed by atoms with Crippen molar-refractivity contribution >= 4 is 26.7 Å². The topological polar surface area (TPSA) is 66.5 Å². The minimum Gasteiger partial charge on any atom is -0.349 e. The molecule has 0 aromatic heterocycles. The fourth-order valence-corrected chi connectivity index (χ4v) is 5.48. The van der Waals surface area contributed by atoms with E-state index in [1.807, 2.05) is 25.1 Å². The molecule has 3 aromatic carbocycles. The highest BCUT2D eigenvalue weighted by Gasteiger charge is 2.32. The van der Waals surface area contributed by atoms with Crippen LogP contribution in [0, 0.1) is 5.92 Å². The van der Waals surface area contributed by atoms with Gasteiger partial charge in [-0.3, -0.25) is 4.79 Å². The normalized spacial score (nSPS) is 17.0. The Morgan fingerprint density at radius 3 is 2.27 bits per heavy atom. The van der Waals surface area contributed by atoms with E-state index in [2.05, 4.69) is 29.6 Å². The van der Waals surface area contributed by atoms with Crippen molar-refractivity contribution in [1.29, 1.82) is 0 Å². The molecule has 0 spiro atoms. The number of sulfonamides is 1. The Morgan fingerprint density at radius 1 is 0.933 bits per heavy atom. The molecule has 5 nitrogen and oxygen atoms in total. The first-order valence-electron chi connectivity index (χ1n) is 10.3. The Kier molecular flexibility index (Phi) is 5.88. The van der Waals surface area contributed by atoms with E-state index < -0.39 is 10.0 Å². The van der Waals surface area contributed by atoms with Gasteiger partial charge in [0.05, 0.1) is 10.9 Å². The molecule has 156 valence electrons. The summed E-state index contributed by atoms with van der Waals surface area (Å²) >= 11 is 0. The third kappa shape index (κ3) is 4.25. The van der Waals surface area contributed by atoms with E-state index in [4.69, 9.17) is 0 Å². The van der Waals surface area contributed by atoms with Crippen molar-refractivity contribution in [2.45, 2.75) is 30.7 Å². The lowest BCUT2D eigenvalue weighted by Gasteiger charge is -2.31. The van der Waals surface area contributed by atoms with Gasteiger partial charge in [-0.1, -0.05) is 54.6 Å². The number of carbonyl (C=O) groups excluding carboxylic acids is 1. The first-order valence-corrected chi connectivity index (χ1v) is 11.7. The molecule has 3 aromatic rings. The molecular formula is C24H26N2O3S. The van der Waals surface area contributed by atoms with Gasteiger partial charge in [0, 0.05) is 19.0 Å². The summed E-state index contributed by atoms with van der Waals surface area (Å²) in [6.45, 7) is 2.70. The SMILES string of the molecule is C[C@@H](NC(=O)C1CCN(S(=O)(=O)c2ccccc2)CC1)c1ccc2ccccc2c1. The van der Waals surface area contributed by atoms with Gasteiger partial charge in [0.1, 0.15) is 0 Å². The van der Waals surface area contributed by atoms with Crippen molar-refractivity contribution in [2.24, 2.45) is 5.92 Å². The molecule has 0 unspecified atom stereocenters. The van der Waals surface area contributed by atoms with Gasteiger partial charge in [-0.05, 0) is 54.3 Å². The summed E-state index contributed by atoms with van der Waals surface area (Å²) in [6, 6.07) is 22.7. The summed E-state index contributed by atoms with van der Waals surface area (Å²) in [7, 11) is -3.50. The first kappa shape index (κ1) is 20.6. The lowest BCUT2D eigenvalue weighted by molar-refractivity contribution is -0.126. The van der Waals surface area contributed by atoms with Gasteiger partial charge in [-0.2, -0.15) is 4.31 Å². The van der Waals surface area contributed by atoms with Crippen LogP contribution in [0.25, 0.3) is 10.8 Å². The monoisotopic (exact) mass is 422 g/mol. The minimum absolute atomic E-state index is 0.00702. The van der Waals surface area contributed by atoms with Gasteiger partial charge in [-0.15, -0.1) is 0 Å². The van der Waals surface area contributed by atoms with E-state index in [1.54, 1.807) is 30.3 Å². The summed E-state index contributed by atoms with van der Waals surface area (Å²) < 4.78 is 27.0. The average Bonchev–Trinajstić information content (AvgIpc) is 2.79. The predicted molar refractivity (Wildman–Crippen MR) is 118 cm³/mol. The molecule has 0 saturated carbocycles. The highest BCUT2D eigenvalue weighted by Crippen LogP contribution is 2.25. The van der Waals surface area contributed by atoms with Crippen molar-refractivity contribution < 1.29 is 13.2 Å². The Morgan fingerprint density at radius 2 is 1.57 bits per heavy atom. The van der Waals surface area contributed by atoms with Crippen LogP contribution in [0.1, 0.15) is 31.4 Å². The van der Waals surface area contributed by atoms with Crippen LogP contribution in [0.5, 0.6) is 0 Å². The zero-order valence-corrected chi connectivity index (χ0v) is 17.8. The quantitative estimate of drug-likeness (QED) is 0.673. The van der Waals surface area contributed by atoms with E-state index in [9.17, 15) is 13.2 Å². The predicted octanol–water partition coefficient (Wildman–Crippen LogP) is 4.12. The van der Waals surface area contributed by atoms with Crippen LogP contribution in [0.3, 0.4) is 0 Å². The molecule has 1 N–H and O–H groups in total. The largest absolute Gasteiger partial charge is 0.349 e. The van der Waals surface area contributed by atoms with E-state index >= 15 is 0 Å². The van der Waals surface area contributed by atoms with Crippen molar-refractivity contribution in [3.8, 4) is 0 Å². The molecule has 0 bridgehead atoms. The number of amides is 1. The summed E-state index contributed by atoms with van der Waals surface area (Å²) in [6.07, 6.45) is 1.06. The molecule has 1 aliphatic heterocycles. The molecule has 1 amide bonds. The Bertz CT molecular complexity index is 1140. The van der Waals surface area contributed by atoms with Crippen LogP contribution in [-0.4, -0.2) is 31.7 Å². The highest BCUT2D eigenvalue weighted by atomic mass is 32.2. The second kappa shape index (κ2) is 8.58. The molecular weight excluding hydrogens is 396 g/mol. The number of benzene rings is 3. The Balaban J connectivity index is 1.37. The molecule has 1 aliphatic rings. The molecule has 4 rings (SSSR count). The van der Waals surface area contributed by atoms with Gasteiger partial charge in [0.15, 0.2) is 0 Å². The molecule has 1 atom stereocenters. The van der Waals surface area contributed by atoms with Crippen molar-refractivity contribution in [2.75, 3.05) is 13.1 Å². The number of nitrogens with one attached hydrogen (secondary N) is 1. The number of nitrogens with zero attached hydrogens (tertiary/aromatic N) is 1. The Hall–Kier alpha value is -2.70. The highest BCUT2D eigenvalue weighted by molar-refractivity contribution is 7.89. The average molecular weight is 423 g/mol. The zero-order valence-electron chi connectivity index (χ0n) is 17.0. The number of carbonyl (C=O) groups is 1. The van der Waals surface area contributed by atoms with E-state index in [0.29, 0.717) is 30.8 Å². The molecule has 6 heteroatoms. The first-order chi connectivity index (χ1) is 14.4. The maximum absolute atomic E-state index is 12.8. The summed E-state index contributed by atoms with van der Waals surface area (Å²) in [5, 5.41) is 5.43. The molecule has 30 heavy (non-hydrogen) atoms. The second-order valence-corrected chi connectivity index (χ2v) is 9.77. The van der Waals surface area contributed by atoms with Crippen LogP contribution in [0.4, 0.5) is 0 Å². The van der Waals surface area contributed by atoms with Crippen LogP contribution < -0.4 is 5.32 Å². The van der Waals surface area contributed by atoms with Gasteiger partial charge in [0.25, 0.3) is 0 Å². The number of hydrogen-bond acceptors (Lipinski definition) is 3. The van der Waals surface area contributed by atoms with Crippen molar-refractivity contribution in [3.63, 3.8) is 0 Å². The smallest absolute Gasteiger partial charge is 0.243 e. The fraction of sp³-hybridized carbons (Fsp3) is 0.292. The van der Waals surface area contributed by atoms with Crippen LogP contribution >= 0.6 is 0 Å². The van der Waals surface area contributed by atoms with Gasteiger partial charge < -0.3 is 5.32 Å². The second-order valence-electron chi connectivity index (χ2n) is 7.83. The molecule has 1 heterocycles. The van der Waals surface area contributed by atoms with E-state index in [1.165, 1.54) is 9.69 Å². The summed E-state index contributed by atoms with van der Waals surface area (Å²) in [5.74, 6) is -0.178. The zero-order chi connectivity index (χ0) is 21.1. The maximum atomic E-state index is 12.8.